The summed E-state index contributed by atoms with van der Waals surface area (Å²) in [6.07, 6.45) is 3.20. The minimum Gasteiger partial charge on any atom is -0.390 e. The van der Waals surface area contributed by atoms with Gasteiger partial charge in [-0.25, -0.2) is 0 Å². The predicted octanol–water partition coefficient (Wildman–Crippen LogP) is 1.29. The van der Waals surface area contributed by atoms with Crippen molar-refractivity contribution in [3.05, 3.63) is 0 Å². The zero-order valence-corrected chi connectivity index (χ0v) is 21.2. The van der Waals surface area contributed by atoms with Crippen molar-refractivity contribution < 1.29 is 33.5 Å². The molecule has 13 atom stereocenters. The van der Waals surface area contributed by atoms with Gasteiger partial charge in [0.05, 0.1) is 37.1 Å². The number of ether oxygens (including phenoxy) is 6. The molecular weight excluding hydrogens is 438 g/mol. The Labute approximate surface area is 202 Å². The fourth-order valence-electron chi connectivity index (χ4n) is 11.7. The van der Waals surface area contributed by atoms with Crippen molar-refractivity contribution in [2.75, 3.05) is 54.9 Å². The normalized spacial score (nSPS) is 61.1. The third-order valence-electron chi connectivity index (χ3n) is 12.0. The second-order valence-electron chi connectivity index (χ2n) is 12.2. The second kappa shape index (κ2) is 7.16. The lowest BCUT2D eigenvalue weighted by molar-refractivity contribution is -0.287. The maximum absolute atomic E-state index is 12.6. The van der Waals surface area contributed by atoms with Crippen molar-refractivity contribution in [1.29, 1.82) is 0 Å². The Morgan fingerprint density at radius 1 is 1.09 bits per heavy atom. The Bertz CT molecular complexity index is 859. The summed E-state index contributed by atoms with van der Waals surface area (Å²) in [4.78, 5) is 2.61. The molecule has 5 saturated carbocycles. The van der Waals surface area contributed by atoms with E-state index >= 15 is 0 Å². The summed E-state index contributed by atoms with van der Waals surface area (Å²) in [6, 6.07) is 0.0378. The van der Waals surface area contributed by atoms with Crippen LogP contribution in [0.3, 0.4) is 0 Å². The largest absolute Gasteiger partial charge is 0.390 e. The first-order valence-electron chi connectivity index (χ1n) is 13.2. The van der Waals surface area contributed by atoms with Gasteiger partial charge in [-0.1, -0.05) is 6.92 Å². The van der Waals surface area contributed by atoms with Gasteiger partial charge < -0.3 is 33.5 Å². The van der Waals surface area contributed by atoms with Crippen LogP contribution in [0.5, 0.6) is 0 Å². The molecule has 0 aromatic rings. The third-order valence-corrected chi connectivity index (χ3v) is 12.0. The van der Waals surface area contributed by atoms with Crippen LogP contribution in [0.1, 0.15) is 32.6 Å². The molecule has 0 aromatic heterocycles. The van der Waals surface area contributed by atoms with Crippen LogP contribution in [0, 0.1) is 34.5 Å². The summed E-state index contributed by atoms with van der Waals surface area (Å²) >= 11 is 0. The second-order valence-corrected chi connectivity index (χ2v) is 12.2. The van der Waals surface area contributed by atoms with E-state index in [0.717, 1.165) is 38.8 Å². The number of likely N-dealkylation sites (tertiary alicyclic amines) is 1. The van der Waals surface area contributed by atoms with E-state index in [1.807, 2.05) is 21.3 Å². The number of piperidine rings is 1. The van der Waals surface area contributed by atoms with E-state index in [-0.39, 0.29) is 53.8 Å². The molecule has 5 aliphatic carbocycles. The first kappa shape index (κ1) is 22.8. The monoisotopic (exact) mass is 479 g/mol. The van der Waals surface area contributed by atoms with Crippen molar-refractivity contribution in [1.82, 2.24) is 4.90 Å². The standard InChI is InChI=1S/C26H41NO7/c1-6-27-11-23(12-29-2)8-7-17(31-4)25-15-9-14-16(30-3)10-24(18(15)19(14)32-5)26(22(25)27,34-13-33-24)21(28)20(23)25/h14-22,28H,6-13H2,1-5H3/t14?,15-,16?,17?,18-,19?,20-,21+,22-,23+,24-,25?,26+/m1/s1. The van der Waals surface area contributed by atoms with Crippen LogP contribution >= 0.6 is 0 Å². The fraction of sp³-hybridized carbons (Fsp3) is 1.00. The molecule has 8 nitrogen and oxygen atoms in total. The minimum absolute atomic E-state index is 0.0240. The molecule has 2 heterocycles. The molecule has 2 saturated heterocycles. The van der Waals surface area contributed by atoms with Crippen LogP contribution in [0.25, 0.3) is 0 Å². The zero-order valence-electron chi connectivity index (χ0n) is 21.2. The minimum atomic E-state index is -0.825. The van der Waals surface area contributed by atoms with Gasteiger partial charge in [0.15, 0.2) is 0 Å². The molecule has 0 aromatic carbocycles. The molecule has 7 rings (SSSR count). The molecule has 7 fully saturated rings. The van der Waals surface area contributed by atoms with Crippen LogP contribution < -0.4 is 0 Å². The van der Waals surface area contributed by atoms with Gasteiger partial charge in [-0.3, -0.25) is 4.90 Å². The number of aliphatic hydroxyl groups excluding tert-OH is 1. The maximum atomic E-state index is 12.6. The van der Waals surface area contributed by atoms with Gasteiger partial charge in [0.2, 0.25) is 0 Å². The summed E-state index contributed by atoms with van der Waals surface area (Å²) in [6.45, 7) is 4.93. The summed E-state index contributed by atoms with van der Waals surface area (Å²) in [7, 11) is 7.32. The van der Waals surface area contributed by atoms with Gasteiger partial charge in [-0.05, 0) is 31.7 Å². The van der Waals surface area contributed by atoms with Gasteiger partial charge in [0, 0.05) is 70.0 Å². The quantitative estimate of drug-likeness (QED) is 0.611. The van der Waals surface area contributed by atoms with E-state index in [4.69, 9.17) is 28.4 Å². The third kappa shape index (κ3) is 2.05. The average Bonchev–Trinajstić information content (AvgIpc) is 3.42. The van der Waals surface area contributed by atoms with Gasteiger partial charge in [0.1, 0.15) is 18.0 Å². The lowest BCUT2D eigenvalue weighted by Gasteiger charge is -2.70. The highest BCUT2D eigenvalue weighted by atomic mass is 16.7. The van der Waals surface area contributed by atoms with Crippen LogP contribution in [0.2, 0.25) is 0 Å². The van der Waals surface area contributed by atoms with E-state index in [0.29, 0.717) is 18.4 Å². The first-order valence-corrected chi connectivity index (χ1v) is 13.2. The van der Waals surface area contributed by atoms with E-state index in [2.05, 4.69) is 11.8 Å². The highest BCUT2D eigenvalue weighted by molar-refractivity contribution is 5.42. The summed E-state index contributed by atoms with van der Waals surface area (Å²) in [5.41, 5.74) is -1.83. The number of nitrogens with zero attached hydrogens (tertiary/aromatic N) is 1. The Balaban J connectivity index is 1.55. The maximum Gasteiger partial charge on any atom is 0.148 e. The number of rotatable bonds is 6. The van der Waals surface area contributed by atoms with Crippen molar-refractivity contribution >= 4 is 0 Å². The zero-order chi connectivity index (χ0) is 23.7. The van der Waals surface area contributed by atoms with E-state index in [1.54, 1.807) is 7.11 Å². The molecule has 7 aliphatic rings. The molecule has 5 unspecified atom stereocenters. The van der Waals surface area contributed by atoms with Crippen LogP contribution in [-0.4, -0.2) is 107 Å². The van der Waals surface area contributed by atoms with Crippen molar-refractivity contribution in [3.63, 3.8) is 0 Å². The highest BCUT2D eigenvalue weighted by Crippen LogP contribution is 2.82. The Hall–Kier alpha value is -0.320. The van der Waals surface area contributed by atoms with Crippen molar-refractivity contribution in [2.45, 2.75) is 74.3 Å². The van der Waals surface area contributed by atoms with E-state index in [9.17, 15) is 5.11 Å². The predicted molar refractivity (Wildman–Crippen MR) is 121 cm³/mol. The Morgan fingerprint density at radius 2 is 1.91 bits per heavy atom. The van der Waals surface area contributed by atoms with Gasteiger partial charge in [-0.2, -0.15) is 0 Å². The van der Waals surface area contributed by atoms with E-state index < -0.39 is 17.3 Å². The Morgan fingerprint density at radius 3 is 2.59 bits per heavy atom. The smallest absolute Gasteiger partial charge is 0.148 e. The summed E-state index contributed by atoms with van der Waals surface area (Å²) in [5, 5.41) is 12.6. The van der Waals surface area contributed by atoms with Crippen molar-refractivity contribution in [2.24, 2.45) is 34.5 Å². The first-order chi connectivity index (χ1) is 16.5. The molecule has 2 aliphatic heterocycles. The lowest BCUT2D eigenvalue weighted by atomic mass is 9.42. The molecule has 8 heteroatoms. The van der Waals surface area contributed by atoms with Gasteiger partial charge in [-0.15, -0.1) is 0 Å². The van der Waals surface area contributed by atoms with Gasteiger partial charge >= 0.3 is 0 Å². The van der Waals surface area contributed by atoms with E-state index in [1.165, 1.54) is 0 Å². The van der Waals surface area contributed by atoms with Crippen molar-refractivity contribution in [3.8, 4) is 0 Å². The molecule has 0 radical (unpaired) electrons. The fourth-order valence-corrected chi connectivity index (χ4v) is 11.7. The number of hydrogen-bond acceptors (Lipinski definition) is 8. The van der Waals surface area contributed by atoms with Crippen LogP contribution in [-0.2, 0) is 28.4 Å². The number of likely N-dealkylation sites (N-methyl/N-ethyl adjacent to an activating group) is 1. The van der Waals surface area contributed by atoms with Crippen LogP contribution in [0.4, 0.5) is 0 Å². The molecule has 0 amide bonds. The number of aliphatic hydroxyl groups is 1. The molecule has 1 N–H and O–H groups in total. The SMILES string of the molecule is CCN1C[C@]2(COC)CCC(OC)C34[C@@H]5CC6C(OC)C[C@@]7(OCO[C@]7([C@H]13)[C@@H](O)[C@@H]42)[C@H]5C6OC. The molecule has 192 valence electrons. The molecule has 3 spiro atoms. The Kier molecular flexibility index (Phi) is 4.81. The topological polar surface area (TPSA) is 78.9 Å². The van der Waals surface area contributed by atoms with Gasteiger partial charge in [0.25, 0.3) is 0 Å². The summed E-state index contributed by atoms with van der Waals surface area (Å²) < 4.78 is 38.3. The number of hydrogen-bond donors (Lipinski definition) is 1. The highest BCUT2D eigenvalue weighted by Gasteiger charge is 2.93. The lowest BCUT2D eigenvalue weighted by Crippen LogP contribution is -2.81. The molecule has 34 heavy (non-hydrogen) atoms. The molecular formula is C26H41NO7. The van der Waals surface area contributed by atoms with Crippen LogP contribution in [0.15, 0.2) is 0 Å². The number of methoxy groups -OCH3 is 4. The molecule has 7 bridgehead atoms. The summed E-state index contributed by atoms with van der Waals surface area (Å²) in [5.74, 6) is 0.813. The average molecular weight is 480 g/mol. The number of fused-ring (bicyclic) bond motifs is 1.